The van der Waals surface area contributed by atoms with E-state index >= 15 is 0 Å². The molecule has 1 aromatic heterocycles. The van der Waals surface area contributed by atoms with E-state index in [0.717, 1.165) is 13.1 Å². The van der Waals surface area contributed by atoms with Crippen LogP contribution in [0.5, 0.6) is 0 Å². The van der Waals surface area contributed by atoms with E-state index < -0.39 is 0 Å². The second-order valence-corrected chi connectivity index (χ2v) is 8.69. The zero-order chi connectivity index (χ0) is 20.6. The standard InChI is InChI=1S/C20H26ClN5O2S/c1-14-5-2-3-11-26(14)12-10-22-17(27)8-9-18-24-25-20(29-18)19(28)23-16-7-4-6-15(21)13-16/h4,6-7,13-14H,2-3,5,8-12H2,1H3,(H,22,27)(H,23,28)/t14-/m0/s1. The normalized spacial score (nSPS) is 17.1. The quantitative estimate of drug-likeness (QED) is 0.663. The molecular formula is C20H26ClN5O2S. The van der Waals surface area contributed by atoms with Crippen LogP contribution in [0.2, 0.25) is 5.02 Å². The molecule has 3 rings (SSSR count). The molecule has 2 aromatic rings. The van der Waals surface area contributed by atoms with Crippen molar-refractivity contribution in [1.82, 2.24) is 20.4 Å². The molecule has 1 aliphatic rings. The van der Waals surface area contributed by atoms with Gasteiger partial charge < -0.3 is 10.6 Å². The first-order valence-corrected chi connectivity index (χ1v) is 11.1. The lowest BCUT2D eigenvalue weighted by Gasteiger charge is -2.33. The maximum atomic E-state index is 12.3. The highest BCUT2D eigenvalue weighted by molar-refractivity contribution is 7.13. The van der Waals surface area contributed by atoms with Gasteiger partial charge in [0.05, 0.1) is 0 Å². The molecule has 0 saturated carbocycles. The number of rotatable bonds is 8. The van der Waals surface area contributed by atoms with Crippen LogP contribution in [-0.2, 0) is 11.2 Å². The fourth-order valence-corrected chi connectivity index (χ4v) is 4.26. The molecule has 0 unspecified atom stereocenters. The van der Waals surface area contributed by atoms with Gasteiger partial charge in [0.2, 0.25) is 10.9 Å². The Labute approximate surface area is 179 Å². The zero-order valence-electron chi connectivity index (χ0n) is 16.5. The first-order chi connectivity index (χ1) is 14.0. The van der Waals surface area contributed by atoms with Crippen molar-refractivity contribution in [3.05, 3.63) is 39.3 Å². The molecule has 1 saturated heterocycles. The maximum absolute atomic E-state index is 12.3. The number of anilines is 1. The Bertz CT molecular complexity index is 844. The van der Waals surface area contributed by atoms with Crippen molar-refractivity contribution in [2.24, 2.45) is 0 Å². The van der Waals surface area contributed by atoms with Gasteiger partial charge in [-0.25, -0.2) is 0 Å². The smallest absolute Gasteiger partial charge is 0.286 e. The lowest BCUT2D eigenvalue weighted by atomic mass is 10.0. The molecule has 2 amide bonds. The van der Waals surface area contributed by atoms with Crippen molar-refractivity contribution in [2.45, 2.75) is 45.1 Å². The molecule has 7 nitrogen and oxygen atoms in total. The molecule has 0 spiro atoms. The van der Waals surface area contributed by atoms with Crippen molar-refractivity contribution in [3.8, 4) is 0 Å². The number of hydrogen-bond acceptors (Lipinski definition) is 6. The molecule has 2 N–H and O–H groups in total. The number of halogens is 1. The minimum Gasteiger partial charge on any atom is -0.355 e. The molecule has 0 radical (unpaired) electrons. The highest BCUT2D eigenvalue weighted by Gasteiger charge is 2.18. The van der Waals surface area contributed by atoms with Gasteiger partial charge in [-0.15, -0.1) is 10.2 Å². The van der Waals surface area contributed by atoms with Gasteiger partial charge in [0.15, 0.2) is 0 Å². The molecule has 1 aromatic carbocycles. The van der Waals surface area contributed by atoms with Crippen LogP contribution in [-0.4, -0.2) is 52.6 Å². The van der Waals surface area contributed by atoms with Gasteiger partial charge in [0.1, 0.15) is 5.01 Å². The van der Waals surface area contributed by atoms with E-state index in [1.54, 1.807) is 24.3 Å². The molecule has 1 fully saturated rings. The Hall–Kier alpha value is -2.03. The Morgan fingerprint density at radius 3 is 2.97 bits per heavy atom. The number of hydrogen-bond donors (Lipinski definition) is 2. The highest BCUT2D eigenvalue weighted by atomic mass is 35.5. The topological polar surface area (TPSA) is 87.2 Å². The first kappa shape index (κ1) is 21.7. The number of aromatic nitrogens is 2. The third-order valence-electron chi connectivity index (χ3n) is 4.97. The summed E-state index contributed by atoms with van der Waals surface area (Å²) in [5, 5.41) is 15.1. The van der Waals surface area contributed by atoms with Crippen LogP contribution >= 0.6 is 22.9 Å². The summed E-state index contributed by atoms with van der Waals surface area (Å²) in [7, 11) is 0. The van der Waals surface area contributed by atoms with Crippen LogP contribution in [0.25, 0.3) is 0 Å². The highest BCUT2D eigenvalue weighted by Crippen LogP contribution is 2.18. The summed E-state index contributed by atoms with van der Waals surface area (Å²) >= 11 is 7.12. The molecule has 2 heterocycles. The second-order valence-electron chi connectivity index (χ2n) is 7.20. The van der Waals surface area contributed by atoms with Crippen LogP contribution in [0, 0.1) is 0 Å². The monoisotopic (exact) mass is 435 g/mol. The molecule has 0 aliphatic carbocycles. The number of carbonyl (C=O) groups is 2. The van der Waals surface area contributed by atoms with Crippen LogP contribution in [0.4, 0.5) is 5.69 Å². The average Bonchev–Trinajstić information content (AvgIpc) is 3.17. The Morgan fingerprint density at radius 1 is 1.31 bits per heavy atom. The Morgan fingerprint density at radius 2 is 2.17 bits per heavy atom. The predicted octanol–water partition coefficient (Wildman–Crippen LogP) is 3.37. The molecule has 1 aliphatic heterocycles. The van der Waals surface area contributed by atoms with Gasteiger partial charge >= 0.3 is 0 Å². The third kappa shape index (κ3) is 6.76. The van der Waals surface area contributed by atoms with E-state index in [9.17, 15) is 9.59 Å². The maximum Gasteiger partial charge on any atom is 0.286 e. The van der Waals surface area contributed by atoms with E-state index in [2.05, 4.69) is 32.7 Å². The largest absolute Gasteiger partial charge is 0.355 e. The number of nitrogens with zero attached hydrogens (tertiary/aromatic N) is 3. The first-order valence-electron chi connectivity index (χ1n) is 9.91. The van der Waals surface area contributed by atoms with Crippen molar-refractivity contribution < 1.29 is 9.59 Å². The zero-order valence-corrected chi connectivity index (χ0v) is 18.1. The van der Waals surface area contributed by atoms with Crippen molar-refractivity contribution in [2.75, 3.05) is 25.0 Å². The summed E-state index contributed by atoms with van der Waals surface area (Å²) in [4.78, 5) is 26.8. The van der Waals surface area contributed by atoms with Crippen LogP contribution in [0.3, 0.4) is 0 Å². The Balaban J connectivity index is 1.39. The minimum absolute atomic E-state index is 0.00482. The minimum atomic E-state index is -0.337. The lowest BCUT2D eigenvalue weighted by Crippen LogP contribution is -2.42. The molecule has 156 valence electrons. The molecule has 29 heavy (non-hydrogen) atoms. The molecule has 0 bridgehead atoms. The van der Waals surface area contributed by atoms with Gasteiger partial charge in [-0.05, 0) is 44.5 Å². The summed E-state index contributed by atoms with van der Waals surface area (Å²) in [6.45, 7) is 4.91. The summed E-state index contributed by atoms with van der Waals surface area (Å²) in [6, 6.07) is 7.50. The summed E-state index contributed by atoms with van der Waals surface area (Å²) in [5.41, 5.74) is 0.599. The summed E-state index contributed by atoms with van der Waals surface area (Å²) in [5.74, 6) is -0.342. The van der Waals surface area contributed by atoms with E-state index in [-0.39, 0.29) is 16.8 Å². The fraction of sp³-hybridized carbons (Fsp3) is 0.500. The van der Waals surface area contributed by atoms with Crippen LogP contribution in [0.15, 0.2) is 24.3 Å². The fourth-order valence-electron chi connectivity index (χ4n) is 3.33. The number of aryl methyl sites for hydroxylation is 1. The average molecular weight is 436 g/mol. The van der Waals surface area contributed by atoms with Gasteiger partial charge in [-0.1, -0.05) is 35.4 Å². The Kier molecular flexibility index (Phi) is 7.97. The second kappa shape index (κ2) is 10.7. The SMILES string of the molecule is C[C@H]1CCCCN1CCNC(=O)CCc1nnc(C(=O)Nc2cccc(Cl)c2)s1. The number of carbonyl (C=O) groups excluding carboxylic acids is 2. The number of piperidine rings is 1. The van der Waals surface area contributed by atoms with Crippen molar-refractivity contribution in [3.63, 3.8) is 0 Å². The van der Waals surface area contributed by atoms with Gasteiger partial charge in [-0.2, -0.15) is 0 Å². The molecular weight excluding hydrogens is 410 g/mol. The van der Waals surface area contributed by atoms with Crippen molar-refractivity contribution >= 4 is 40.4 Å². The van der Waals surface area contributed by atoms with E-state index in [1.807, 2.05) is 0 Å². The van der Waals surface area contributed by atoms with Crippen molar-refractivity contribution in [1.29, 1.82) is 0 Å². The number of nitrogens with one attached hydrogen (secondary N) is 2. The predicted molar refractivity (Wildman–Crippen MR) is 116 cm³/mol. The van der Waals surface area contributed by atoms with E-state index in [0.29, 0.717) is 41.1 Å². The van der Waals surface area contributed by atoms with Crippen LogP contribution < -0.4 is 10.6 Å². The van der Waals surface area contributed by atoms with Gasteiger partial charge in [-0.3, -0.25) is 14.5 Å². The van der Waals surface area contributed by atoms with E-state index in [4.69, 9.17) is 11.6 Å². The lowest BCUT2D eigenvalue weighted by molar-refractivity contribution is -0.121. The summed E-state index contributed by atoms with van der Waals surface area (Å²) < 4.78 is 0. The van der Waals surface area contributed by atoms with E-state index in [1.165, 1.54) is 30.6 Å². The van der Waals surface area contributed by atoms with Gasteiger partial charge in [0, 0.05) is 42.7 Å². The summed E-state index contributed by atoms with van der Waals surface area (Å²) in [6.07, 6.45) is 4.57. The molecule has 9 heteroatoms. The third-order valence-corrected chi connectivity index (χ3v) is 6.19. The number of benzene rings is 1. The molecule has 1 atom stereocenters. The van der Waals surface area contributed by atoms with Crippen LogP contribution in [0.1, 0.15) is 47.4 Å². The number of likely N-dealkylation sites (tertiary alicyclic amines) is 1. The number of amides is 2. The van der Waals surface area contributed by atoms with Gasteiger partial charge in [0.25, 0.3) is 5.91 Å².